The molecule has 0 aromatic carbocycles. The quantitative estimate of drug-likeness (QED) is 0.893. The molecule has 2 N–H and O–H groups in total. The molecule has 1 saturated carbocycles. The van der Waals surface area contributed by atoms with E-state index >= 15 is 0 Å². The van der Waals surface area contributed by atoms with E-state index in [0.717, 1.165) is 23.7 Å². The lowest BCUT2D eigenvalue weighted by Crippen LogP contribution is -2.45. The van der Waals surface area contributed by atoms with Crippen molar-refractivity contribution in [3.8, 4) is 0 Å². The van der Waals surface area contributed by atoms with Gasteiger partial charge in [0.05, 0.1) is 5.60 Å². The Morgan fingerprint density at radius 3 is 3.11 bits per heavy atom. The molecule has 2 rings (SSSR count). The van der Waals surface area contributed by atoms with E-state index in [1.54, 1.807) is 0 Å². The van der Waals surface area contributed by atoms with Gasteiger partial charge in [0, 0.05) is 11.0 Å². The molecule has 5 heteroatoms. The third-order valence-corrected chi connectivity index (χ3v) is 5.31. The molecular formula is C13H18BrNO2S. The molecule has 18 heavy (non-hydrogen) atoms. The first kappa shape index (κ1) is 14.0. The van der Waals surface area contributed by atoms with Gasteiger partial charge in [0.25, 0.3) is 5.91 Å². The highest BCUT2D eigenvalue weighted by Crippen LogP contribution is 2.31. The first-order valence-corrected chi connectivity index (χ1v) is 7.91. The Morgan fingerprint density at radius 2 is 2.50 bits per heavy atom. The summed E-state index contributed by atoms with van der Waals surface area (Å²) in [5.41, 5.74) is -0.725. The summed E-state index contributed by atoms with van der Waals surface area (Å²) in [7, 11) is 0. The number of nitrogens with one attached hydrogen (secondary N) is 1. The van der Waals surface area contributed by atoms with E-state index in [0.29, 0.717) is 17.3 Å². The van der Waals surface area contributed by atoms with Crippen LogP contribution in [0.5, 0.6) is 0 Å². The van der Waals surface area contributed by atoms with Crippen LogP contribution in [0.3, 0.4) is 0 Å². The third kappa shape index (κ3) is 3.33. The number of carbonyl (C=O) groups excluding carboxylic acids is 1. The number of thiophene rings is 1. The van der Waals surface area contributed by atoms with E-state index in [4.69, 9.17) is 0 Å². The molecule has 1 aliphatic rings. The Bertz CT molecular complexity index is 434. The molecule has 3 nitrogen and oxygen atoms in total. The Morgan fingerprint density at radius 1 is 1.72 bits per heavy atom. The van der Waals surface area contributed by atoms with Crippen molar-refractivity contribution in [1.82, 2.24) is 5.32 Å². The summed E-state index contributed by atoms with van der Waals surface area (Å²) in [6, 6.07) is 1.86. The predicted octanol–water partition coefficient (Wildman–Crippen LogP) is 3.18. The second-order valence-corrected chi connectivity index (χ2v) is 6.98. The minimum Gasteiger partial charge on any atom is -0.388 e. The van der Waals surface area contributed by atoms with E-state index in [-0.39, 0.29) is 5.91 Å². The summed E-state index contributed by atoms with van der Waals surface area (Å²) in [5, 5.41) is 15.2. The molecule has 100 valence electrons. The molecule has 2 unspecified atom stereocenters. The molecule has 0 spiro atoms. The summed E-state index contributed by atoms with van der Waals surface area (Å²) in [5.74, 6) is 0.428. The van der Waals surface area contributed by atoms with Gasteiger partial charge in [-0.2, -0.15) is 0 Å². The Kier molecular flexibility index (Phi) is 4.45. The maximum atomic E-state index is 12.0. The fourth-order valence-electron chi connectivity index (χ4n) is 2.57. The topological polar surface area (TPSA) is 49.3 Å². The number of rotatable bonds is 3. The van der Waals surface area contributed by atoms with E-state index < -0.39 is 5.60 Å². The van der Waals surface area contributed by atoms with Crippen LogP contribution < -0.4 is 5.32 Å². The van der Waals surface area contributed by atoms with Gasteiger partial charge in [-0.15, -0.1) is 11.3 Å². The highest BCUT2D eigenvalue weighted by Gasteiger charge is 2.33. The number of hydrogen-bond acceptors (Lipinski definition) is 3. The third-order valence-electron chi connectivity index (χ3n) is 3.47. The lowest BCUT2D eigenvalue weighted by molar-refractivity contribution is -0.0109. The van der Waals surface area contributed by atoms with Crippen LogP contribution in [0, 0.1) is 5.92 Å². The molecule has 0 bridgehead atoms. The number of hydrogen-bond donors (Lipinski definition) is 2. The average Bonchev–Trinajstić information content (AvgIpc) is 2.72. The number of carbonyl (C=O) groups is 1. The number of aliphatic hydroxyl groups is 1. The van der Waals surface area contributed by atoms with Crippen LogP contribution in [0.15, 0.2) is 15.9 Å². The Labute approximate surface area is 120 Å². The zero-order chi connectivity index (χ0) is 13.2. The van der Waals surface area contributed by atoms with Crippen LogP contribution in [0.2, 0.25) is 0 Å². The van der Waals surface area contributed by atoms with Crippen LogP contribution in [-0.2, 0) is 0 Å². The van der Waals surface area contributed by atoms with Gasteiger partial charge in [0.1, 0.15) is 4.88 Å². The summed E-state index contributed by atoms with van der Waals surface area (Å²) in [6.45, 7) is 2.50. The van der Waals surface area contributed by atoms with Gasteiger partial charge in [0.15, 0.2) is 0 Å². The van der Waals surface area contributed by atoms with Crippen molar-refractivity contribution in [3.05, 3.63) is 20.8 Å². The fourth-order valence-corrected chi connectivity index (χ4v) is 4.04. The summed E-state index contributed by atoms with van der Waals surface area (Å²) in [6.07, 6.45) is 3.77. The molecule has 1 heterocycles. The van der Waals surface area contributed by atoms with E-state index in [9.17, 15) is 9.90 Å². The fraction of sp³-hybridized carbons (Fsp3) is 0.615. The lowest BCUT2D eigenvalue weighted by atomic mass is 9.79. The van der Waals surface area contributed by atoms with Gasteiger partial charge < -0.3 is 10.4 Å². The maximum absolute atomic E-state index is 12.0. The number of amides is 1. The zero-order valence-electron chi connectivity index (χ0n) is 10.4. The van der Waals surface area contributed by atoms with E-state index in [1.165, 1.54) is 17.8 Å². The molecule has 2 atom stereocenters. The van der Waals surface area contributed by atoms with Gasteiger partial charge in [-0.1, -0.05) is 19.8 Å². The molecule has 1 aliphatic carbocycles. The van der Waals surface area contributed by atoms with Crippen molar-refractivity contribution in [2.45, 2.75) is 38.2 Å². The van der Waals surface area contributed by atoms with E-state index in [2.05, 4.69) is 28.2 Å². The van der Waals surface area contributed by atoms with Gasteiger partial charge in [-0.3, -0.25) is 4.79 Å². The minimum atomic E-state index is -0.725. The van der Waals surface area contributed by atoms with Crippen LogP contribution in [0.4, 0.5) is 0 Å². The molecule has 1 amide bonds. The molecule has 1 fully saturated rings. The highest BCUT2D eigenvalue weighted by atomic mass is 79.9. The standard InChI is InChI=1S/C13H18BrNO2S/c1-9-3-2-5-13(17,7-9)8-15-12(16)11-10(14)4-6-18-11/h4,6,9,17H,2-3,5,7-8H2,1H3,(H,15,16). The van der Waals surface area contributed by atoms with Crippen LogP contribution >= 0.6 is 27.3 Å². The Balaban J connectivity index is 1.91. The zero-order valence-corrected chi connectivity index (χ0v) is 12.8. The average molecular weight is 332 g/mol. The van der Waals surface area contributed by atoms with Crippen LogP contribution in [0.25, 0.3) is 0 Å². The monoisotopic (exact) mass is 331 g/mol. The normalized spacial score (nSPS) is 28.1. The molecule has 0 radical (unpaired) electrons. The minimum absolute atomic E-state index is 0.108. The van der Waals surface area contributed by atoms with Crippen molar-refractivity contribution in [2.75, 3.05) is 6.54 Å². The van der Waals surface area contributed by atoms with Crippen LogP contribution in [-0.4, -0.2) is 23.2 Å². The van der Waals surface area contributed by atoms with E-state index in [1.807, 2.05) is 11.4 Å². The molecule has 1 aromatic heterocycles. The molecule has 1 aromatic rings. The maximum Gasteiger partial charge on any atom is 0.262 e. The first-order valence-electron chi connectivity index (χ1n) is 6.24. The largest absolute Gasteiger partial charge is 0.388 e. The van der Waals surface area contributed by atoms with Crippen molar-refractivity contribution in [3.63, 3.8) is 0 Å². The van der Waals surface area contributed by atoms with Gasteiger partial charge >= 0.3 is 0 Å². The first-order chi connectivity index (χ1) is 8.50. The second-order valence-electron chi connectivity index (χ2n) is 5.21. The summed E-state index contributed by atoms with van der Waals surface area (Å²) < 4.78 is 0.814. The molecule has 0 aliphatic heterocycles. The molecular weight excluding hydrogens is 314 g/mol. The highest BCUT2D eigenvalue weighted by molar-refractivity contribution is 9.10. The smallest absolute Gasteiger partial charge is 0.262 e. The SMILES string of the molecule is CC1CCCC(O)(CNC(=O)c2sccc2Br)C1. The van der Waals surface area contributed by atoms with Crippen molar-refractivity contribution in [1.29, 1.82) is 0 Å². The van der Waals surface area contributed by atoms with Gasteiger partial charge in [-0.05, 0) is 46.1 Å². The summed E-state index contributed by atoms with van der Waals surface area (Å²) in [4.78, 5) is 12.6. The summed E-state index contributed by atoms with van der Waals surface area (Å²) >= 11 is 4.75. The van der Waals surface area contributed by atoms with Crippen LogP contribution in [0.1, 0.15) is 42.3 Å². The van der Waals surface area contributed by atoms with Crippen molar-refractivity contribution in [2.24, 2.45) is 5.92 Å². The second kappa shape index (κ2) is 5.72. The van der Waals surface area contributed by atoms with Crippen molar-refractivity contribution >= 4 is 33.2 Å². The molecule has 0 saturated heterocycles. The number of halogens is 1. The van der Waals surface area contributed by atoms with Crippen molar-refractivity contribution < 1.29 is 9.90 Å². The van der Waals surface area contributed by atoms with Gasteiger partial charge in [-0.25, -0.2) is 0 Å². The predicted molar refractivity (Wildman–Crippen MR) is 76.9 cm³/mol. The van der Waals surface area contributed by atoms with Gasteiger partial charge in [0.2, 0.25) is 0 Å². The lowest BCUT2D eigenvalue weighted by Gasteiger charge is -2.35. The Hall–Kier alpha value is -0.390.